The van der Waals surface area contributed by atoms with Crippen molar-refractivity contribution in [1.82, 2.24) is 25.8 Å². The Morgan fingerprint density at radius 1 is 0.848 bits per heavy atom. The predicted molar refractivity (Wildman–Crippen MR) is 173 cm³/mol. The Morgan fingerprint density at radius 3 is 2.13 bits per heavy atom. The van der Waals surface area contributed by atoms with Crippen LogP contribution in [0.2, 0.25) is 10.0 Å². The van der Waals surface area contributed by atoms with Gasteiger partial charge in [0.1, 0.15) is 12.1 Å². The van der Waals surface area contributed by atoms with E-state index in [1.54, 1.807) is 23.2 Å². The zero-order valence-corrected chi connectivity index (χ0v) is 30.0. The number of fused-ring (bicyclic) bond motifs is 1. The molecule has 4 N–H and O–H groups in total. The van der Waals surface area contributed by atoms with Crippen molar-refractivity contribution in [3.8, 4) is 0 Å². The van der Waals surface area contributed by atoms with Gasteiger partial charge in [-0.25, -0.2) is 4.79 Å². The van der Waals surface area contributed by atoms with Crippen molar-refractivity contribution >= 4 is 57.9 Å². The quantitative estimate of drug-likeness (QED) is 0.211. The van der Waals surface area contributed by atoms with Crippen molar-refractivity contribution in [3.63, 3.8) is 0 Å². The fourth-order valence-corrected chi connectivity index (χ4v) is 6.08. The molecule has 1 fully saturated rings. The van der Waals surface area contributed by atoms with Crippen LogP contribution in [0.5, 0.6) is 0 Å². The van der Waals surface area contributed by atoms with Crippen molar-refractivity contribution in [2.75, 3.05) is 13.1 Å². The van der Waals surface area contributed by atoms with Crippen LogP contribution in [-0.4, -0.2) is 64.9 Å². The van der Waals surface area contributed by atoms with Crippen LogP contribution in [0.15, 0.2) is 48.7 Å². The number of hydrogen-bond donors (Lipinski definition) is 4. The van der Waals surface area contributed by atoms with Gasteiger partial charge < -0.3 is 35.7 Å². The second-order valence-electron chi connectivity index (χ2n) is 12.0. The standard InChI is InChI=1S/C33H41Cl2N5O5.Na/c1-20(2)15-27(39-33(45)40-13-7-3-4-8-14-40)30(41)37-28(17-22-19-36-26-10-6-5-9-24(22)26)31(42)38-29(32(43)44)16-21-11-12-23(34)18-25(21)35;/h5-6,9-12,18-20,27-29,36H,3-4,7-8,13-17H2,1-2H3,(H,37,41)(H,38,42)(H,39,45)(H,43,44);/q;+1/p-1/t27-,28+,29+;/m0./s1. The number of likely N-dealkylation sites (tertiary alicyclic amines) is 1. The van der Waals surface area contributed by atoms with Crippen LogP contribution in [0, 0.1) is 5.92 Å². The summed E-state index contributed by atoms with van der Waals surface area (Å²) in [6.07, 6.45) is 5.95. The van der Waals surface area contributed by atoms with Crippen LogP contribution in [0.25, 0.3) is 10.9 Å². The van der Waals surface area contributed by atoms with Crippen molar-refractivity contribution in [3.05, 3.63) is 69.8 Å². The first-order valence-electron chi connectivity index (χ1n) is 15.4. The molecule has 10 nitrogen and oxygen atoms in total. The Kier molecular flexibility index (Phi) is 14.7. The Bertz CT molecular complexity index is 1510. The summed E-state index contributed by atoms with van der Waals surface area (Å²) < 4.78 is 0. The number of aromatic amines is 1. The summed E-state index contributed by atoms with van der Waals surface area (Å²) in [5.74, 6) is -2.68. The number of carboxylic acid groups (broad SMARTS) is 1. The molecule has 2 aromatic carbocycles. The third-order valence-corrected chi connectivity index (χ3v) is 8.57. The first-order valence-corrected chi connectivity index (χ1v) is 16.1. The molecule has 0 saturated carbocycles. The van der Waals surface area contributed by atoms with Gasteiger partial charge in [-0.2, -0.15) is 0 Å². The van der Waals surface area contributed by atoms with Crippen LogP contribution < -0.4 is 50.6 Å². The number of nitrogens with one attached hydrogen (secondary N) is 4. The molecule has 3 aromatic rings. The van der Waals surface area contributed by atoms with E-state index in [0.29, 0.717) is 30.1 Å². The normalized spacial score (nSPS) is 15.3. The number of aromatic nitrogens is 1. The van der Waals surface area contributed by atoms with Gasteiger partial charge in [-0.1, -0.05) is 74.2 Å². The van der Waals surface area contributed by atoms with Gasteiger partial charge in [0.05, 0.1) is 12.0 Å². The fraction of sp³-hybridized carbons (Fsp3) is 0.455. The molecule has 1 saturated heterocycles. The molecule has 0 unspecified atom stereocenters. The zero-order valence-electron chi connectivity index (χ0n) is 26.5. The second-order valence-corrected chi connectivity index (χ2v) is 12.8. The number of carbonyl (C=O) groups excluding carboxylic acids is 4. The third-order valence-electron chi connectivity index (χ3n) is 7.99. The van der Waals surface area contributed by atoms with Gasteiger partial charge in [-0.05, 0) is 60.9 Å². The van der Waals surface area contributed by atoms with Gasteiger partial charge in [-0.15, -0.1) is 0 Å². The van der Waals surface area contributed by atoms with E-state index < -0.39 is 35.9 Å². The van der Waals surface area contributed by atoms with Gasteiger partial charge in [0.15, 0.2) is 0 Å². The molecule has 2 heterocycles. The molecule has 242 valence electrons. The summed E-state index contributed by atoms with van der Waals surface area (Å²) in [5, 5.41) is 21.9. The van der Waals surface area contributed by atoms with Crippen molar-refractivity contribution in [2.45, 2.75) is 76.9 Å². The summed E-state index contributed by atoms with van der Waals surface area (Å²) in [5.41, 5.74) is 2.07. The number of urea groups is 1. The summed E-state index contributed by atoms with van der Waals surface area (Å²) in [7, 11) is 0. The molecule has 4 rings (SSSR count). The van der Waals surface area contributed by atoms with E-state index >= 15 is 0 Å². The second kappa shape index (κ2) is 18.0. The topological polar surface area (TPSA) is 146 Å². The number of carboxylic acids is 1. The van der Waals surface area contributed by atoms with Crippen molar-refractivity contribution < 1.29 is 53.8 Å². The van der Waals surface area contributed by atoms with Crippen LogP contribution in [0.3, 0.4) is 0 Å². The Morgan fingerprint density at radius 2 is 1.48 bits per heavy atom. The average molecular weight is 681 g/mol. The third kappa shape index (κ3) is 10.6. The van der Waals surface area contributed by atoms with Gasteiger partial charge in [0, 0.05) is 46.7 Å². The number of hydrogen-bond acceptors (Lipinski definition) is 5. The molecule has 1 aromatic heterocycles. The molecule has 1 aliphatic rings. The predicted octanol–water partition coefficient (Wildman–Crippen LogP) is 0.984. The zero-order chi connectivity index (χ0) is 32.5. The van der Waals surface area contributed by atoms with E-state index in [4.69, 9.17) is 23.2 Å². The minimum absolute atomic E-state index is 0. The van der Waals surface area contributed by atoms with Crippen molar-refractivity contribution in [1.29, 1.82) is 0 Å². The van der Waals surface area contributed by atoms with E-state index in [1.807, 2.05) is 38.1 Å². The molecule has 1 aliphatic heterocycles. The maximum Gasteiger partial charge on any atom is 1.00 e. The molecule has 46 heavy (non-hydrogen) atoms. The number of amides is 4. The smallest absolute Gasteiger partial charge is 0.548 e. The molecule has 0 radical (unpaired) electrons. The van der Waals surface area contributed by atoms with Crippen LogP contribution in [-0.2, 0) is 27.2 Å². The number of nitrogens with zero attached hydrogens (tertiary/aromatic N) is 1. The number of rotatable bonds is 12. The Balaban J connectivity index is 0.00000576. The molecule has 0 aliphatic carbocycles. The van der Waals surface area contributed by atoms with E-state index in [-0.39, 0.29) is 59.4 Å². The molecule has 3 atom stereocenters. The number of H-pyrrole nitrogens is 1. The van der Waals surface area contributed by atoms with E-state index in [2.05, 4.69) is 20.9 Å². The van der Waals surface area contributed by atoms with Crippen LogP contribution in [0.4, 0.5) is 4.79 Å². The minimum atomic E-state index is -1.51. The van der Waals surface area contributed by atoms with E-state index in [0.717, 1.165) is 42.1 Å². The van der Waals surface area contributed by atoms with Crippen LogP contribution in [0.1, 0.15) is 57.1 Å². The van der Waals surface area contributed by atoms with E-state index in [1.165, 1.54) is 6.07 Å². The number of halogens is 2. The molecule has 13 heteroatoms. The van der Waals surface area contributed by atoms with Gasteiger partial charge >= 0.3 is 35.6 Å². The number of para-hydroxylation sites is 1. The average Bonchev–Trinajstić information content (AvgIpc) is 3.19. The summed E-state index contributed by atoms with van der Waals surface area (Å²) in [4.78, 5) is 57.7. The fourth-order valence-electron chi connectivity index (χ4n) is 5.59. The first-order chi connectivity index (χ1) is 21.5. The summed E-state index contributed by atoms with van der Waals surface area (Å²) >= 11 is 12.3. The molecule has 0 bridgehead atoms. The summed E-state index contributed by atoms with van der Waals surface area (Å²) in [6, 6.07) is 8.37. The molecular weight excluding hydrogens is 640 g/mol. The maximum atomic E-state index is 13.8. The van der Waals surface area contributed by atoms with E-state index in [9.17, 15) is 24.3 Å². The first kappa shape index (κ1) is 37.7. The Hall–Kier alpha value is -2.76. The van der Waals surface area contributed by atoms with Gasteiger partial charge in [0.25, 0.3) is 0 Å². The molecule has 0 spiro atoms. The van der Waals surface area contributed by atoms with Gasteiger partial charge in [0.2, 0.25) is 11.8 Å². The number of carbonyl (C=O) groups is 4. The molecular formula is C33H40Cl2N5NaO5. The maximum absolute atomic E-state index is 13.8. The van der Waals surface area contributed by atoms with Crippen molar-refractivity contribution in [2.24, 2.45) is 5.92 Å². The number of aliphatic carboxylic acids is 1. The summed E-state index contributed by atoms with van der Waals surface area (Å²) in [6.45, 7) is 5.13. The largest absolute Gasteiger partial charge is 1.00 e. The van der Waals surface area contributed by atoms with Gasteiger partial charge in [-0.3, -0.25) is 9.59 Å². The monoisotopic (exact) mass is 679 g/mol. The SMILES string of the molecule is CC(C)C[C@H](NC(=O)N1CCCCCC1)C(=O)N[C@H](Cc1c[nH]c2ccccc12)C(=O)N[C@H](Cc1ccc(Cl)cc1Cl)C(=O)[O-].[Na+]. The minimum Gasteiger partial charge on any atom is -0.548 e. The van der Waals surface area contributed by atoms with Crippen LogP contribution >= 0.6 is 23.2 Å². The number of benzene rings is 2. The molecule has 4 amide bonds. The Labute approximate surface area is 301 Å².